The fourth-order valence-corrected chi connectivity index (χ4v) is 6.53. The van der Waals surface area contributed by atoms with E-state index in [-0.39, 0.29) is 0 Å². The number of fused-ring (bicyclic) bond motifs is 5. The summed E-state index contributed by atoms with van der Waals surface area (Å²) < 4.78 is 8.59. The second kappa shape index (κ2) is 9.52. The minimum absolute atomic E-state index is 0.767. The molecule has 4 heteroatoms. The summed E-state index contributed by atoms with van der Waals surface area (Å²) in [7, 11) is 0. The maximum Gasteiger partial charge on any atom is 0.119 e. The molecule has 3 nitrogen and oxygen atoms in total. The van der Waals surface area contributed by atoms with Crippen molar-refractivity contribution in [2.75, 3.05) is 26.2 Å². The Bertz CT molecular complexity index is 1300. The Morgan fingerprint density at radius 3 is 2.59 bits per heavy atom. The zero-order valence-electron chi connectivity index (χ0n) is 19.9. The van der Waals surface area contributed by atoms with Crippen molar-refractivity contribution < 1.29 is 4.74 Å². The molecule has 1 fully saturated rings. The quantitative estimate of drug-likeness (QED) is 0.299. The van der Waals surface area contributed by atoms with Gasteiger partial charge in [0.05, 0.1) is 5.69 Å². The molecule has 0 amide bonds. The van der Waals surface area contributed by atoms with Crippen LogP contribution < -0.4 is 4.74 Å². The van der Waals surface area contributed by atoms with Crippen LogP contribution in [-0.2, 0) is 12.3 Å². The van der Waals surface area contributed by atoms with Gasteiger partial charge in [-0.1, -0.05) is 48.4 Å². The minimum atomic E-state index is 0.767. The van der Waals surface area contributed by atoms with Crippen LogP contribution in [0.2, 0.25) is 0 Å². The number of rotatable bonds is 6. The van der Waals surface area contributed by atoms with Gasteiger partial charge < -0.3 is 9.30 Å². The number of likely N-dealkylation sites (tertiary alicyclic amines) is 1. The Balaban J connectivity index is 1.26. The Labute approximate surface area is 206 Å². The molecule has 0 radical (unpaired) electrons. The van der Waals surface area contributed by atoms with E-state index in [1.807, 2.05) is 11.8 Å². The van der Waals surface area contributed by atoms with Crippen molar-refractivity contribution >= 4 is 22.7 Å². The Morgan fingerprint density at radius 2 is 1.74 bits per heavy atom. The van der Waals surface area contributed by atoms with Gasteiger partial charge in [-0.25, -0.2) is 0 Å². The monoisotopic (exact) mass is 468 g/mol. The van der Waals surface area contributed by atoms with Crippen LogP contribution in [0.5, 0.6) is 5.75 Å². The van der Waals surface area contributed by atoms with Crippen molar-refractivity contribution in [3.05, 3.63) is 83.4 Å². The molecule has 0 bridgehead atoms. The van der Waals surface area contributed by atoms with Crippen LogP contribution in [0.4, 0.5) is 0 Å². The van der Waals surface area contributed by atoms with E-state index in [0.717, 1.165) is 31.2 Å². The van der Waals surface area contributed by atoms with Crippen LogP contribution in [0.3, 0.4) is 0 Å². The second-order valence-electron chi connectivity index (χ2n) is 9.61. The van der Waals surface area contributed by atoms with Crippen LogP contribution in [0.25, 0.3) is 22.2 Å². The first-order valence-electron chi connectivity index (χ1n) is 12.5. The number of benzene rings is 3. The molecule has 4 aromatic rings. The molecule has 0 N–H and O–H groups in total. The predicted octanol–water partition coefficient (Wildman–Crippen LogP) is 7.14. The first-order chi connectivity index (χ1) is 16.8. The molecule has 3 heterocycles. The van der Waals surface area contributed by atoms with Crippen molar-refractivity contribution in [2.45, 2.75) is 43.4 Å². The first kappa shape index (κ1) is 21.8. The van der Waals surface area contributed by atoms with Gasteiger partial charge in [-0.2, -0.15) is 0 Å². The second-order valence-corrected chi connectivity index (χ2v) is 10.6. The summed E-state index contributed by atoms with van der Waals surface area (Å²) in [5, 5.41) is 1.40. The van der Waals surface area contributed by atoms with E-state index in [4.69, 9.17) is 4.74 Å². The summed E-state index contributed by atoms with van der Waals surface area (Å²) in [6.45, 7) is 7.29. The third-order valence-electron chi connectivity index (χ3n) is 7.23. The molecular weight excluding hydrogens is 436 g/mol. The van der Waals surface area contributed by atoms with E-state index in [2.05, 4.69) is 83.1 Å². The number of hydrogen-bond acceptors (Lipinski definition) is 3. The minimum Gasteiger partial charge on any atom is -0.492 e. The number of aromatic nitrogens is 1. The van der Waals surface area contributed by atoms with Crippen molar-refractivity contribution in [2.24, 2.45) is 0 Å². The summed E-state index contributed by atoms with van der Waals surface area (Å²) in [4.78, 5) is 3.91. The van der Waals surface area contributed by atoms with Crippen LogP contribution in [0, 0.1) is 6.92 Å². The molecule has 2 aliphatic rings. The molecule has 2 aliphatic heterocycles. The summed E-state index contributed by atoms with van der Waals surface area (Å²) in [5.41, 5.74) is 8.17. The molecule has 0 unspecified atom stereocenters. The molecule has 0 spiro atoms. The molecule has 1 aromatic heterocycles. The number of hydrogen-bond donors (Lipinski definition) is 0. The van der Waals surface area contributed by atoms with E-state index < -0.39 is 0 Å². The lowest BCUT2D eigenvalue weighted by Gasteiger charge is -2.26. The van der Waals surface area contributed by atoms with Gasteiger partial charge in [-0.15, -0.1) is 11.8 Å². The van der Waals surface area contributed by atoms with Gasteiger partial charge in [-0.05, 0) is 74.3 Å². The fourth-order valence-electron chi connectivity index (χ4n) is 5.44. The average Bonchev–Trinajstić information content (AvgIpc) is 3.18. The SMILES string of the molecule is Cc1ccc2c(c1)c1c(n2Cc2ccc(OCCN3CCCCC3)cc2)-c2ccccc2SC1. The highest BCUT2D eigenvalue weighted by Gasteiger charge is 2.24. The predicted molar refractivity (Wildman–Crippen MR) is 143 cm³/mol. The molecule has 0 aliphatic carbocycles. The third-order valence-corrected chi connectivity index (χ3v) is 8.33. The molecule has 34 heavy (non-hydrogen) atoms. The molecular formula is C30H32N2OS. The van der Waals surface area contributed by atoms with Crippen molar-refractivity contribution in [1.29, 1.82) is 0 Å². The largest absolute Gasteiger partial charge is 0.492 e. The average molecular weight is 469 g/mol. The van der Waals surface area contributed by atoms with Crippen LogP contribution in [0.15, 0.2) is 71.6 Å². The highest BCUT2D eigenvalue weighted by atomic mass is 32.2. The molecule has 6 rings (SSSR count). The molecule has 1 saturated heterocycles. The van der Waals surface area contributed by atoms with Gasteiger partial charge in [0.15, 0.2) is 0 Å². The maximum absolute atomic E-state index is 6.07. The topological polar surface area (TPSA) is 17.4 Å². The summed E-state index contributed by atoms with van der Waals surface area (Å²) in [5.74, 6) is 2.00. The molecule has 174 valence electrons. The van der Waals surface area contributed by atoms with Crippen LogP contribution in [-0.4, -0.2) is 35.7 Å². The van der Waals surface area contributed by atoms with E-state index in [0.29, 0.717) is 0 Å². The highest BCUT2D eigenvalue weighted by molar-refractivity contribution is 7.98. The van der Waals surface area contributed by atoms with Gasteiger partial charge in [0.25, 0.3) is 0 Å². The fraction of sp³-hybridized carbons (Fsp3) is 0.333. The van der Waals surface area contributed by atoms with Crippen LogP contribution in [0.1, 0.15) is 36.0 Å². The number of thioether (sulfide) groups is 1. The first-order valence-corrected chi connectivity index (χ1v) is 13.5. The standard InChI is InChI=1S/C30H32N2OS/c1-22-9-14-28-26(19-22)27-21-34-29-8-4-3-7-25(29)30(27)32(28)20-23-10-12-24(13-11-23)33-18-17-31-15-5-2-6-16-31/h3-4,7-14,19H,2,5-6,15-18,20-21H2,1H3. The Morgan fingerprint density at radius 1 is 0.912 bits per heavy atom. The van der Waals surface area contributed by atoms with E-state index in [1.165, 1.54) is 76.1 Å². The number of ether oxygens (including phenoxy) is 1. The Hall–Kier alpha value is -2.69. The van der Waals surface area contributed by atoms with E-state index >= 15 is 0 Å². The lowest BCUT2D eigenvalue weighted by molar-refractivity contribution is 0.183. The normalized spacial score (nSPS) is 15.8. The third kappa shape index (κ3) is 4.25. The number of nitrogens with zero attached hydrogens (tertiary/aromatic N) is 2. The van der Waals surface area contributed by atoms with E-state index in [9.17, 15) is 0 Å². The lowest BCUT2D eigenvalue weighted by atomic mass is 10.0. The van der Waals surface area contributed by atoms with E-state index in [1.54, 1.807) is 0 Å². The van der Waals surface area contributed by atoms with Gasteiger partial charge in [-0.3, -0.25) is 4.90 Å². The van der Waals surface area contributed by atoms with Gasteiger partial charge in [0, 0.05) is 40.2 Å². The summed E-state index contributed by atoms with van der Waals surface area (Å²) >= 11 is 1.96. The van der Waals surface area contributed by atoms with Gasteiger partial charge >= 0.3 is 0 Å². The molecule has 3 aromatic carbocycles. The van der Waals surface area contributed by atoms with Gasteiger partial charge in [0.1, 0.15) is 12.4 Å². The number of aryl methyl sites for hydroxylation is 1. The summed E-state index contributed by atoms with van der Waals surface area (Å²) in [6, 6.07) is 24.5. The molecule has 0 saturated carbocycles. The van der Waals surface area contributed by atoms with Crippen LogP contribution >= 0.6 is 11.8 Å². The highest BCUT2D eigenvalue weighted by Crippen LogP contribution is 2.46. The lowest BCUT2D eigenvalue weighted by Crippen LogP contribution is -2.33. The zero-order chi connectivity index (χ0) is 22.9. The smallest absolute Gasteiger partial charge is 0.119 e. The van der Waals surface area contributed by atoms with Crippen molar-refractivity contribution in [1.82, 2.24) is 9.47 Å². The van der Waals surface area contributed by atoms with Crippen molar-refractivity contribution in [3.63, 3.8) is 0 Å². The Kier molecular flexibility index (Phi) is 6.11. The molecule has 0 atom stereocenters. The number of piperidine rings is 1. The summed E-state index contributed by atoms with van der Waals surface area (Å²) in [6.07, 6.45) is 4.03. The van der Waals surface area contributed by atoms with Gasteiger partial charge in [0.2, 0.25) is 0 Å². The zero-order valence-corrected chi connectivity index (χ0v) is 20.7. The van der Waals surface area contributed by atoms with Crippen molar-refractivity contribution in [3.8, 4) is 17.0 Å². The maximum atomic E-state index is 6.07.